The number of fused-ring (bicyclic) bond motifs is 3. The Bertz CT molecular complexity index is 1460. The molecule has 0 amide bonds. The SMILES string of the molecule is COc1ccc(C23Oc4cc(OC)cc(OC)c4C2(O)CCC3c2ccccc2)cc1.O=Cc1ccc(CO)o1. The summed E-state index contributed by atoms with van der Waals surface area (Å²) in [5, 5.41) is 20.8. The Morgan fingerprint density at radius 1 is 0.925 bits per heavy atom. The molecular formula is C32H32O8. The van der Waals surface area contributed by atoms with Crippen molar-refractivity contribution in [2.75, 3.05) is 21.3 Å². The average Bonchev–Trinajstić information content (AvgIpc) is 3.67. The molecule has 8 nitrogen and oxygen atoms in total. The molecule has 1 saturated carbocycles. The van der Waals surface area contributed by atoms with E-state index < -0.39 is 11.2 Å². The van der Waals surface area contributed by atoms with E-state index in [9.17, 15) is 9.90 Å². The summed E-state index contributed by atoms with van der Waals surface area (Å²) in [4.78, 5) is 9.96. The van der Waals surface area contributed by atoms with Crippen LogP contribution in [0.3, 0.4) is 0 Å². The molecule has 0 radical (unpaired) electrons. The summed E-state index contributed by atoms with van der Waals surface area (Å²) in [5.41, 5.74) is 0.467. The van der Waals surface area contributed by atoms with Crippen molar-refractivity contribution in [1.29, 1.82) is 0 Å². The minimum absolute atomic E-state index is 0.0461. The number of carbonyl (C=O) groups is 1. The fraction of sp³-hybridized carbons (Fsp3) is 0.281. The van der Waals surface area contributed by atoms with E-state index in [-0.39, 0.29) is 18.3 Å². The minimum atomic E-state index is -1.25. The molecule has 208 valence electrons. The Hall–Kier alpha value is -4.27. The van der Waals surface area contributed by atoms with E-state index in [4.69, 9.17) is 28.5 Å². The van der Waals surface area contributed by atoms with Crippen LogP contribution in [-0.4, -0.2) is 37.8 Å². The number of hydrogen-bond donors (Lipinski definition) is 2. The van der Waals surface area contributed by atoms with Crippen LogP contribution in [0.2, 0.25) is 0 Å². The van der Waals surface area contributed by atoms with Crippen LogP contribution in [0.15, 0.2) is 83.3 Å². The van der Waals surface area contributed by atoms with Crippen LogP contribution in [0.4, 0.5) is 0 Å². The molecule has 8 heteroatoms. The van der Waals surface area contributed by atoms with Crippen LogP contribution in [0, 0.1) is 0 Å². The predicted octanol–water partition coefficient (Wildman–Crippen LogP) is 5.35. The van der Waals surface area contributed by atoms with Crippen molar-refractivity contribution in [2.24, 2.45) is 0 Å². The molecule has 3 unspecified atom stereocenters. The van der Waals surface area contributed by atoms with Gasteiger partial charge in [-0.05, 0) is 48.2 Å². The maximum Gasteiger partial charge on any atom is 0.185 e. The number of aldehydes is 1. The van der Waals surface area contributed by atoms with Gasteiger partial charge in [0, 0.05) is 18.1 Å². The maximum atomic E-state index is 12.3. The highest BCUT2D eigenvalue weighted by Gasteiger charge is 2.69. The summed E-state index contributed by atoms with van der Waals surface area (Å²) in [5.74, 6) is 3.16. The smallest absolute Gasteiger partial charge is 0.185 e. The number of methoxy groups -OCH3 is 3. The van der Waals surface area contributed by atoms with Gasteiger partial charge in [-0.3, -0.25) is 4.79 Å². The van der Waals surface area contributed by atoms with Crippen molar-refractivity contribution in [3.63, 3.8) is 0 Å². The molecule has 3 atom stereocenters. The monoisotopic (exact) mass is 544 g/mol. The molecule has 2 aliphatic rings. The molecule has 6 rings (SSSR count). The Labute approximate surface area is 232 Å². The quantitative estimate of drug-likeness (QED) is 0.300. The first-order valence-corrected chi connectivity index (χ1v) is 13.0. The van der Waals surface area contributed by atoms with E-state index in [2.05, 4.69) is 12.1 Å². The second-order valence-corrected chi connectivity index (χ2v) is 9.71. The van der Waals surface area contributed by atoms with Crippen molar-refractivity contribution in [3.05, 3.63) is 107 Å². The Morgan fingerprint density at radius 3 is 2.23 bits per heavy atom. The molecule has 40 heavy (non-hydrogen) atoms. The van der Waals surface area contributed by atoms with Crippen molar-refractivity contribution >= 4 is 6.29 Å². The summed E-state index contributed by atoms with van der Waals surface area (Å²) in [6, 6.07) is 24.8. The lowest BCUT2D eigenvalue weighted by Crippen LogP contribution is -2.48. The van der Waals surface area contributed by atoms with Gasteiger partial charge in [-0.25, -0.2) is 0 Å². The number of aliphatic hydroxyl groups excluding tert-OH is 1. The van der Waals surface area contributed by atoms with Gasteiger partial charge < -0.3 is 33.6 Å². The zero-order valence-corrected chi connectivity index (χ0v) is 22.6. The molecule has 1 aliphatic heterocycles. The van der Waals surface area contributed by atoms with Crippen molar-refractivity contribution < 1.29 is 38.4 Å². The Balaban J connectivity index is 0.000000306. The number of benzene rings is 3. The molecule has 0 bridgehead atoms. The first-order valence-electron chi connectivity index (χ1n) is 13.0. The highest BCUT2D eigenvalue weighted by atomic mass is 16.5. The minimum Gasteiger partial charge on any atom is -0.497 e. The van der Waals surface area contributed by atoms with E-state index in [0.29, 0.717) is 41.3 Å². The van der Waals surface area contributed by atoms with Crippen molar-refractivity contribution in [1.82, 2.24) is 0 Å². The third-order valence-corrected chi connectivity index (χ3v) is 7.75. The van der Waals surface area contributed by atoms with Gasteiger partial charge in [-0.1, -0.05) is 42.5 Å². The van der Waals surface area contributed by atoms with Gasteiger partial charge in [0.15, 0.2) is 17.6 Å². The van der Waals surface area contributed by atoms with Gasteiger partial charge >= 0.3 is 0 Å². The van der Waals surface area contributed by atoms with Gasteiger partial charge in [-0.15, -0.1) is 0 Å². The Kier molecular flexibility index (Phi) is 7.56. The van der Waals surface area contributed by atoms with E-state index in [1.165, 1.54) is 6.07 Å². The maximum absolute atomic E-state index is 12.3. The number of ether oxygens (including phenoxy) is 4. The largest absolute Gasteiger partial charge is 0.497 e. The van der Waals surface area contributed by atoms with E-state index >= 15 is 0 Å². The number of rotatable bonds is 7. The van der Waals surface area contributed by atoms with Crippen LogP contribution in [0.1, 0.15) is 51.8 Å². The lowest BCUT2D eigenvalue weighted by molar-refractivity contribution is -0.106. The summed E-state index contributed by atoms with van der Waals surface area (Å²) in [6.45, 7) is -0.159. The summed E-state index contributed by atoms with van der Waals surface area (Å²) < 4.78 is 28.1. The number of carbonyl (C=O) groups excluding carboxylic acids is 1. The van der Waals surface area contributed by atoms with Gasteiger partial charge in [0.1, 0.15) is 41.0 Å². The Morgan fingerprint density at radius 2 is 1.65 bits per heavy atom. The summed E-state index contributed by atoms with van der Waals surface area (Å²) in [7, 11) is 4.86. The molecule has 1 aliphatic carbocycles. The molecule has 0 saturated heterocycles. The molecule has 2 heterocycles. The summed E-state index contributed by atoms with van der Waals surface area (Å²) in [6.07, 6.45) is 1.93. The standard InChI is InChI=1S/C26H26O5.C6H6O3/c1-28-19-11-9-18(10-12-19)26-21(17-7-5-4-6-8-17)13-14-25(26,27)24-22(30-3)15-20(29-2)16-23(24)31-26;7-3-5-1-2-6(4-8)9-5/h4-12,15-16,21,27H,13-14H2,1-3H3;1-3,8H,4H2. The van der Waals surface area contributed by atoms with Crippen LogP contribution in [0.5, 0.6) is 23.0 Å². The third-order valence-electron chi connectivity index (χ3n) is 7.75. The van der Waals surface area contributed by atoms with Gasteiger partial charge in [0.2, 0.25) is 0 Å². The van der Waals surface area contributed by atoms with Crippen LogP contribution in [0.25, 0.3) is 0 Å². The fourth-order valence-electron chi connectivity index (χ4n) is 5.97. The molecule has 3 aromatic carbocycles. The topological polar surface area (TPSA) is 108 Å². The number of hydrogen-bond acceptors (Lipinski definition) is 8. The van der Waals surface area contributed by atoms with Crippen LogP contribution >= 0.6 is 0 Å². The zero-order valence-electron chi connectivity index (χ0n) is 22.6. The van der Waals surface area contributed by atoms with Gasteiger partial charge in [0.05, 0.1) is 26.9 Å². The number of furan rings is 1. The lowest BCUT2D eigenvalue weighted by Gasteiger charge is -2.40. The normalized spacial score (nSPS) is 22.3. The lowest BCUT2D eigenvalue weighted by atomic mass is 9.71. The zero-order chi connectivity index (χ0) is 28.3. The molecular weight excluding hydrogens is 512 g/mol. The molecule has 1 aromatic heterocycles. The first-order chi connectivity index (χ1) is 19.4. The molecule has 0 spiro atoms. The predicted molar refractivity (Wildman–Crippen MR) is 147 cm³/mol. The summed E-state index contributed by atoms with van der Waals surface area (Å²) >= 11 is 0. The second-order valence-electron chi connectivity index (χ2n) is 9.71. The highest BCUT2D eigenvalue weighted by molar-refractivity contribution is 5.70. The van der Waals surface area contributed by atoms with E-state index in [0.717, 1.165) is 23.3 Å². The molecule has 4 aromatic rings. The van der Waals surface area contributed by atoms with Gasteiger partial charge in [0.25, 0.3) is 0 Å². The fourth-order valence-corrected chi connectivity index (χ4v) is 5.97. The number of aliphatic hydroxyl groups is 2. The van der Waals surface area contributed by atoms with E-state index in [1.807, 2.05) is 48.5 Å². The first kappa shape index (κ1) is 27.3. The van der Waals surface area contributed by atoms with Crippen LogP contribution in [-0.2, 0) is 17.8 Å². The van der Waals surface area contributed by atoms with Crippen molar-refractivity contribution in [2.45, 2.75) is 36.6 Å². The van der Waals surface area contributed by atoms with Crippen molar-refractivity contribution in [3.8, 4) is 23.0 Å². The van der Waals surface area contributed by atoms with Crippen LogP contribution < -0.4 is 18.9 Å². The average molecular weight is 545 g/mol. The molecule has 1 fully saturated rings. The van der Waals surface area contributed by atoms with E-state index in [1.54, 1.807) is 33.5 Å². The second kappa shape index (κ2) is 11.1. The van der Waals surface area contributed by atoms with Gasteiger partial charge in [-0.2, -0.15) is 0 Å². The molecule has 2 N–H and O–H groups in total. The highest BCUT2D eigenvalue weighted by Crippen LogP contribution is 2.68. The third kappa shape index (κ3) is 4.39.